The first-order chi connectivity index (χ1) is 14.5. The van der Waals surface area contributed by atoms with Crippen molar-refractivity contribution in [2.24, 2.45) is 5.92 Å². The van der Waals surface area contributed by atoms with Gasteiger partial charge in [0, 0.05) is 30.4 Å². The van der Waals surface area contributed by atoms with Gasteiger partial charge in [0.05, 0.1) is 0 Å². The van der Waals surface area contributed by atoms with Gasteiger partial charge in [-0.15, -0.1) is 0 Å². The van der Waals surface area contributed by atoms with Gasteiger partial charge in [0.25, 0.3) is 5.91 Å². The van der Waals surface area contributed by atoms with E-state index in [0.29, 0.717) is 31.1 Å². The topological polar surface area (TPSA) is 51.2 Å². The Morgan fingerprint density at radius 1 is 1.10 bits per heavy atom. The van der Waals surface area contributed by atoms with E-state index in [1.54, 1.807) is 24.4 Å². The average molecular weight is 407 g/mol. The molecule has 30 heavy (non-hydrogen) atoms. The molecule has 0 aliphatic rings. The van der Waals surface area contributed by atoms with Crippen molar-refractivity contribution in [3.8, 4) is 5.75 Å². The number of pyridine rings is 1. The van der Waals surface area contributed by atoms with Crippen molar-refractivity contribution in [1.82, 2.24) is 10.3 Å². The van der Waals surface area contributed by atoms with Crippen LogP contribution >= 0.6 is 0 Å². The summed E-state index contributed by atoms with van der Waals surface area (Å²) in [5, 5.41) is 2.96. The summed E-state index contributed by atoms with van der Waals surface area (Å²) in [5.41, 5.74) is 3.44. The fourth-order valence-electron chi connectivity index (χ4n) is 3.15. The van der Waals surface area contributed by atoms with Gasteiger partial charge in [-0.05, 0) is 65.9 Å². The summed E-state index contributed by atoms with van der Waals surface area (Å²) in [6.07, 6.45) is 3.23. The molecular weight excluding hydrogens is 379 g/mol. The highest BCUT2D eigenvalue weighted by molar-refractivity contribution is 5.94. The lowest BCUT2D eigenvalue weighted by atomic mass is 9.99. The van der Waals surface area contributed by atoms with Crippen molar-refractivity contribution in [3.63, 3.8) is 0 Å². The number of carbonyl (C=O) groups excluding carboxylic acids is 1. The molecule has 1 N–H and O–H groups in total. The minimum Gasteiger partial charge on any atom is -0.489 e. The van der Waals surface area contributed by atoms with Crippen LogP contribution in [0.5, 0.6) is 5.75 Å². The first kappa shape index (κ1) is 21.5. The number of hydrogen-bond donors (Lipinski definition) is 1. The molecule has 1 aromatic heterocycles. The predicted octanol–water partition coefficient (Wildman–Crippen LogP) is 4.97. The summed E-state index contributed by atoms with van der Waals surface area (Å²) >= 11 is 0. The monoisotopic (exact) mass is 406 g/mol. The van der Waals surface area contributed by atoms with Crippen LogP contribution in [0.1, 0.15) is 41.0 Å². The Kier molecular flexibility index (Phi) is 7.55. The molecule has 156 valence electrons. The van der Waals surface area contributed by atoms with E-state index in [4.69, 9.17) is 4.74 Å². The van der Waals surface area contributed by atoms with Crippen LogP contribution in [0, 0.1) is 11.7 Å². The molecule has 0 spiro atoms. The maximum atomic E-state index is 13.1. The fraction of sp³-hybridized carbons (Fsp3) is 0.280. The zero-order chi connectivity index (χ0) is 21.3. The van der Waals surface area contributed by atoms with Crippen molar-refractivity contribution in [3.05, 3.63) is 95.1 Å². The highest BCUT2D eigenvalue weighted by Gasteiger charge is 2.12. The van der Waals surface area contributed by atoms with Gasteiger partial charge in [0.2, 0.25) is 0 Å². The summed E-state index contributed by atoms with van der Waals surface area (Å²) in [6.45, 7) is 5.13. The van der Waals surface area contributed by atoms with Gasteiger partial charge in [-0.1, -0.05) is 32.0 Å². The minimum atomic E-state index is -0.266. The molecule has 0 atom stereocenters. The zero-order valence-electron chi connectivity index (χ0n) is 17.4. The maximum Gasteiger partial charge on any atom is 0.251 e. The molecule has 1 amide bonds. The molecule has 1 heterocycles. The fourth-order valence-corrected chi connectivity index (χ4v) is 3.15. The van der Waals surface area contributed by atoms with E-state index in [0.717, 1.165) is 29.0 Å². The number of aromatic nitrogens is 1. The molecule has 5 heteroatoms. The molecule has 2 aromatic carbocycles. The van der Waals surface area contributed by atoms with Crippen molar-refractivity contribution >= 4 is 5.91 Å². The maximum absolute atomic E-state index is 13.1. The van der Waals surface area contributed by atoms with Gasteiger partial charge in [0.1, 0.15) is 18.2 Å². The number of benzene rings is 2. The molecule has 0 saturated heterocycles. The van der Waals surface area contributed by atoms with E-state index >= 15 is 0 Å². The zero-order valence-corrected chi connectivity index (χ0v) is 17.4. The Morgan fingerprint density at radius 3 is 2.60 bits per heavy atom. The van der Waals surface area contributed by atoms with Crippen molar-refractivity contribution in [2.75, 3.05) is 6.54 Å². The number of hydrogen-bond acceptors (Lipinski definition) is 3. The Morgan fingerprint density at radius 2 is 1.90 bits per heavy atom. The lowest BCUT2D eigenvalue weighted by Gasteiger charge is -2.15. The van der Waals surface area contributed by atoms with Crippen LogP contribution in [-0.4, -0.2) is 17.4 Å². The normalized spacial score (nSPS) is 10.8. The Labute approximate surface area is 177 Å². The van der Waals surface area contributed by atoms with E-state index in [1.807, 2.05) is 30.3 Å². The highest BCUT2D eigenvalue weighted by Crippen LogP contribution is 2.24. The summed E-state index contributed by atoms with van der Waals surface area (Å²) in [4.78, 5) is 16.9. The molecule has 3 rings (SSSR count). The summed E-state index contributed by atoms with van der Waals surface area (Å²) in [7, 11) is 0. The number of carbonyl (C=O) groups is 1. The van der Waals surface area contributed by atoms with Gasteiger partial charge in [-0.2, -0.15) is 0 Å². The summed E-state index contributed by atoms with van der Waals surface area (Å²) in [6, 6.07) is 17.5. The second kappa shape index (κ2) is 10.5. The number of nitrogens with zero attached hydrogens (tertiary/aromatic N) is 1. The van der Waals surface area contributed by atoms with Crippen LogP contribution in [-0.2, 0) is 19.4 Å². The Hall–Kier alpha value is -3.21. The van der Waals surface area contributed by atoms with Crippen molar-refractivity contribution < 1.29 is 13.9 Å². The molecule has 3 aromatic rings. The third-order valence-electron chi connectivity index (χ3n) is 4.65. The summed E-state index contributed by atoms with van der Waals surface area (Å²) < 4.78 is 19.1. The van der Waals surface area contributed by atoms with E-state index in [2.05, 4.69) is 24.1 Å². The summed E-state index contributed by atoms with van der Waals surface area (Å²) in [5.74, 6) is 0.789. The van der Waals surface area contributed by atoms with Crippen LogP contribution in [0.3, 0.4) is 0 Å². The first-order valence-corrected chi connectivity index (χ1v) is 10.2. The molecule has 0 fully saturated rings. The number of amides is 1. The van der Waals surface area contributed by atoms with Gasteiger partial charge >= 0.3 is 0 Å². The van der Waals surface area contributed by atoms with Crippen LogP contribution in [0.4, 0.5) is 4.39 Å². The molecule has 0 bridgehead atoms. The van der Waals surface area contributed by atoms with Crippen molar-refractivity contribution in [1.29, 1.82) is 0 Å². The molecular formula is C25H27FN2O2. The SMILES string of the molecule is CC(C)Cc1cc(C(=O)NCCc2ccccn2)ccc1OCc1ccc(F)cc1. The average Bonchev–Trinajstić information content (AvgIpc) is 2.74. The van der Waals surface area contributed by atoms with E-state index in [-0.39, 0.29) is 11.7 Å². The third-order valence-corrected chi connectivity index (χ3v) is 4.65. The molecule has 0 aliphatic heterocycles. The molecule has 0 unspecified atom stereocenters. The third kappa shape index (κ3) is 6.41. The van der Waals surface area contributed by atoms with Gasteiger partial charge in [-0.3, -0.25) is 9.78 Å². The lowest BCUT2D eigenvalue weighted by molar-refractivity contribution is 0.0954. The smallest absolute Gasteiger partial charge is 0.251 e. The Bertz CT molecular complexity index is 957. The second-order valence-corrected chi connectivity index (χ2v) is 7.66. The van der Waals surface area contributed by atoms with Gasteiger partial charge in [0.15, 0.2) is 0 Å². The second-order valence-electron chi connectivity index (χ2n) is 7.66. The minimum absolute atomic E-state index is 0.110. The number of halogens is 1. The van der Waals surface area contributed by atoms with Gasteiger partial charge < -0.3 is 10.1 Å². The molecule has 0 saturated carbocycles. The molecule has 0 radical (unpaired) electrons. The largest absolute Gasteiger partial charge is 0.489 e. The standard InChI is InChI=1S/C25H27FN2O2/c1-18(2)15-21-16-20(25(29)28-14-12-23-5-3-4-13-27-23)8-11-24(21)30-17-19-6-9-22(26)10-7-19/h3-11,13,16,18H,12,14-15,17H2,1-2H3,(H,28,29). The van der Waals surface area contributed by atoms with Gasteiger partial charge in [-0.25, -0.2) is 4.39 Å². The van der Waals surface area contributed by atoms with E-state index < -0.39 is 0 Å². The van der Waals surface area contributed by atoms with Crippen LogP contribution < -0.4 is 10.1 Å². The van der Waals surface area contributed by atoms with Crippen LogP contribution in [0.15, 0.2) is 66.9 Å². The highest BCUT2D eigenvalue weighted by atomic mass is 19.1. The van der Waals surface area contributed by atoms with Crippen LogP contribution in [0.2, 0.25) is 0 Å². The Balaban J connectivity index is 1.64. The predicted molar refractivity (Wildman–Crippen MR) is 116 cm³/mol. The lowest BCUT2D eigenvalue weighted by Crippen LogP contribution is -2.26. The number of rotatable bonds is 9. The molecule has 0 aliphatic carbocycles. The van der Waals surface area contributed by atoms with E-state index in [1.165, 1.54) is 12.1 Å². The number of nitrogens with one attached hydrogen (secondary N) is 1. The first-order valence-electron chi connectivity index (χ1n) is 10.2. The number of ether oxygens (including phenoxy) is 1. The van der Waals surface area contributed by atoms with Crippen molar-refractivity contribution in [2.45, 2.75) is 33.3 Å². The van der Waals surface area contributed by atoms with E-state index in [9.17, 15) is 9.18 Å². The quantitative estimate of drug-likeness (QED) is 0.546. The van der Waals surface area contributed by atoms with Crippen LogP contribution in [0.25, 0.3) is 0 Å². The molecule has 4 nitrogen and oxygen atoms in total.